The van der Waals surface area contributed by atoms with Gasteiger partial charge in [-0.15, -0.1) is 0 Å². The molecule has 138 valence electrons. The van der Waals surface area contributed by atoms with Crippen LogP contribution in [0, 0.1) is 17.5 Å². The fourth-order valence-corrected chi connectivity index (χ4v) is 4.33. The van der Waals surface area contributed by atoms with Crippen LogP contribution in [0.2, 0.25) is 0 Å². The Hall–Kier alpha value is -2.55. The maximum Gasteiger partial charge on any atom is 0.258 e. The second-order valence-electron chi connectivity index (χ2n) is 5.82. The molecule has 1 saturated heterocycles. The minimum absolute atomic E-state index is 0.0842. The van der Waals surface area contributed by atoms with Gasteiger partial charge in [-0.1, -0.05) is 0 Å². The predicted molar refractivity (Wildman–Crippen MR) is 91.1 cm³/mol. The van der Waals surface area contributed by atoms with E-state index in [-0.39, 0.29) is 11.4 Å². The number of carbonyl (C=O) groups is 1. The number of sulfonamides is 1. The summed E-state index contributed by atoms with van der Waals surface area (Å²) in [4.78, 5) is 12.0. The Kier molecular flexibility index (Phi) is 4.90. The molecule has 0 aliphatic carbocycles. The summed E-state index contributed by atoms with van der Waals surface area (Å²) >= 11 is 0. The Morgan fingerprint density at radius 2 is 1.65 bits per heavy atom. The Morgan fingerprint density at radius 3 is 2.31 bits per heavy atom. The molecule has 9 heteroatoms. The number of nitrogens with one attached hydrogen (secondary N) is 1. The van der Waals surface area contributed by atoms with Gasteiger partial charge in [-0.05, 0) is 49.2 Å². The van der Waals surface area contributed by atoms with E-state index in [1.807, 2.05) is 0 Å². The van der Waals surface area contributed by atoms with Crippen LogP contribution in [0.15, 0.2) is 36.4 Å². The van der Waals surface area contributed by atoms with E-state index in [4.69, 9.17) is 0 Å². The highest BCUT2D eigenvalue weighted by molar-refractivity contribution is 7.92. The molecule has 2 aromatic carbocycles. The second kappa shape index (κ2) is 6.99. The van der Waals surface area contributed by atoms with Crippen LogP contribution in [-0.2, 0) is 10.0 Å². The van der Waals surface area contributed by atoms with Gasteiger partial charge in [0.25, 0.3) is 5.91 Å². The topological polar surface area (TPSA) is 66.5 Å². The third kappa shape index (κ3) is 3.52. The maximum atomic E-state index is 13.7. The molecule has 0 saturated carbocycles. The molecule has 1 heterocycles. The Bertz CT molecular complexity index is 946. The number of hydrogen-bond donors (Lipinski definition) is 1. The minimum Gasteiger partial charge on any atom is -0.322 e. The lowest BCUT2D eigenvalue weighted by Gasteiger charge is -2.28. The van der Waals surface area contributed by atoms with Crippen molar-refractivity contribution in [2.24, 2.45) is 0 Å². The number of carbonyl (C=O) groups excluding carboxylic acids is 1. The summed E-state index contributed by atoms with van der Waals surface area (Å²) in [5.41, 5.74) is 0.0885. The molecular weight excluding hydrogens is 369 g/mol. The molecule has 1 aliphatic rings. The highest BCUT2D eigenvalue weighted by Gasteiger charge is 2.26. The summed E-state index contributed by atoms with van der Waals surface area (Å²) in [6.07, 6.45) is 1.37. The van der Waals surface area contributed by atoms with Gasteiger partial charge in [0, 0.05) is 12.2 Å². The zero-order valence-corrected chi connectivity index (χ0v) is 14.3. The maximum absolute atomic E-state index is 13.7. The molecular formula is C17H15F3N2O3S. The normalized spacial score (nSPS) is 16.3. The number of rotatable bonds is 3. The lowest BCUT2D eigenvalue weighted by molar-refractivity contribution is 0.102. The van der Waals surface area contributed by atoms with Gasteiger partial charge in [0.05, 0.1) is 17.0 Å². The summed E-state index contributed by atoms with van der Waals surface area (Å²) in [5.74, 6) is -5.53. The van der Waals surface area contributed by atoms with E-state index in [1.54, 1.807) is 0 Å². The van der Waals surface area contributed by atoms with Crippen LogP contribution in [0.25, 0.3) is 0 Å². The van der Waals surface area contributed by atoms with Crippen molar-refractivity contribution in [1.29, 1.82) is 0 Å². The van der Waals surface area contributed by atoms with Gasteiger partial charge in [0.1, 0.15) is 0 Å². The largest absolute Gasteiger partial charge is 0.322 e. The molecule has 2 aromatic rings. The summed E-state index contributed by atoms with van der Waals surface area (Å²) in [6.45, 7) is 0.383. The zero-order chi connectivity index (χ0) is 18.9. The molecule has 5 nitrogen and oxygen atoms in total. The van der Waals surface area contributed by atoms with Gasteiger partial charge in [0.15, 0.2) is 17.5 Å². The van der Waals surface area contributed by atoms with Crippen LogP contribution in [0.5, 0.6) is 0 Å². The van der Waals surface area contributed by atoms with E-state index in [1.165, 1.54) is 28.6 Å². The van der Waals surface area contributed by atoms with Crippen molar-refractivity contribution in [1.82, 2.24) is 0 Å². The van der Waals surface area contributed by atoms with Crippen LogP contribution in [0.4, 0.5) is 24.5 Å². The average Bonchev–Trinajstić information content (AvgIpc) is 2.60. The molecule has 1 amide bonds. The smallest absolute Gasteiger partial charge is 0.258 e. The first kappa shape index (κ1) is 18.2. The first-order valence-electron chi connectivity index (χ1n) is 7.85. The quantitative estimate of drug-likeness (QED) is 0.826. The van der Waals surface area contributed by atoms with Gasteiger partial charge < -0.3 is 5.32 Å². The Labute approximate surface area is 148 Å². The molecule has 0 spiro atoms. The molecule has 0 bridgehead atoms. The molecule has 0 unspecified atom stereocenters. The van der Waals surface area contributed by atoms with E-state index in [0.717, 1.165) is 12.5 Å². The lowest BCUT2D eigenvalue weighted by atomic mass is 10.1. The fraction of sp³-hybridized carbons (Fsp3) is 0.235. The van der Waals surface area contributed by atoms with Gasteiger partial charge in [0.2, 0.25) is 10.0 Å². The van der Waals surface area contributed by atoms with E-state index in [9.17, 15) is 26.4 Å². The molecule has 0 radical (unpaired) electrons. The summed E-state index contributed by atoms with van der Waals surface area (Å²) < 4.78 is 65.3. The van der Waals surface area contributed by atoms with Crippen molar-refractivity contribution in [2.45, 2.75) is 12.8 Å². The minimum atomic E-state index is -3.35. The third-order valence-corrected chi connectivity index (χ3v) is 5.91. The van der Waals surface area contributed by atoms with Crippen molar-refractivity contribution in [3.63, 3.8) is 0 Å². The van der Waals surface area contributed by atoms with Crippen LogP contribution >= 0.6 is 0 Å². The van der Waals surface area contributed by atoms with Gasteiger partial charge in [-0.3, -0.25) is 9.10 Å². The van der Waals surface area contributed by atoms with Crippen LogP contribution in [0.3, 0.4) is 0 Å². The molecule has 1 aliphatic heterocycles. The van der Waals surface area contributed by atoms with Crippen molar-refractivity contribution in [3.8, 4) is 0 Å². The van der Waals surface area contributed by atoms with Gasteiger partial charge in [-0.2, -0.15) is 0 Å². The van der Waals surface area contributed by atoms with Crippen molar-refractivity contribution >= 4 is 27.3 Å². The van der Waals surface area contributed by atoms with E-state index >= 15 is 0 Å². The highest BCUT2D eigenvalue weighted by Crippen LogP contribution is 2.25. The Morgan fingerprint density at radius 1 is 0.962 bits per heavy atom. The standard InChI is InChI=1S/C17H15F3N2O3S/c18-14-8-7-13(15(19)16(14)20)17(23)21-11-3-5-12(6-4-11)22-9-1-2-10-26(22,24)25/h3-8H,1-2,9-10H2,(H,21,23). The predicted octanol–water partition coefficient (Wildman–Crippen LogP) is 3.29. The number of benzene rings is 2. The molecule has 26 heavy (non-hydrogen) atoms. The van der Waals surface area contributed by atoms with Crippen LogP contribution < -0.4 is 9.62 Å². The Balaban J connectivity index is 1.77. The molecule has 3 rings (SSSR count). The molecule has 0 aromatic heterocycles. The second-order valence-corrected chi connectivity index (χ2v) is 7.83. The first-order chi connectivity index (χ1) is 12.3. The van der Waals surface area contributed by atoms with E-state index < -0.39 is 38.9 Å². The highest BCUT2D eigenvalue weighted by atomic mass is 32.2. The monoisotopic (exact) mass is 384 g/mol. The summed E-state index contributed by atoms with van der Waals surface area (Å²) in [6, 6.07) is 7.44. The molecule has 0 atom stereocenters. The van der Waals surface area contributed by atoms with Crippen molar-refractivity contribution < 1.29 is 26.4 Å². The van der Waals surface area contributed by atoms with Crippen LogP contribution in [0.1, 0.15) is 23.2 Å². The van der Waals surface area contributed by atoms with Crippen molar-refractivity contribution in [3.05, 3.63) is 59.4 Å². The van der Waals surface area contributed by atoms with E-state index in [2.05, 4.69) is 5.32 Å². The van der Waals surface area contributed by atoms with Crippen molar-refractivity contribution in [2.75, 3.05) is 21.9 Å². The van der Waals surface area contributed by atoms with Gasteiger partial charge >= 0.3 is 0 Å². The average molecular weight is 384 g/mol. The van der Waals surface area contributed by atoms with Crippen LogP contribution in [-0.4, -0.2) is 26.6 Å². The molecule has 1 N–H and O–H groups in total. The lowest BCUT2D eigenvalue weighted by Crippen LogP contribution is -2.37. The summed E-state index contributed by atoms with van der Waals surface area (Å²) in [5, 5.41) is 2.36. The number of halogens is 3. The fourth-order valence-electron chi connectivity index (χ4n) is 2.69. The third-order valence-electron chi connectivity index (χ3n) is 4.04. The SMILES string of the molecule is O=C(Nc1ccc(N2CCCCS2(=O)=O)cc1)c1ccc(F)c(F)c1F. The zero-order valence-electron chi connectivity index (χ0n) is 13.5. The van der Waals surface area contributed by atoms with E-state index in [0.29, 0.717) is 24.7 Å². The first-order valence-corrected chi connectivity index (χ1v) is 9.46. The number of hydrogen-bond acceptors (Lipinski definition) is 3. The number of amides is 1. The van der Waals surface area contributed by atoms with Gasteiger partial charge in [-0.25, -0.2) is 21.6 Å². The molecule has 1 fully saturated rings. The number of nitrogens with zero attached hydrogens (tertiary/aromatic N) is 1. The summed E-state index contributed by atoms with van der Waals surface area (Å²) in [7, 11) is -3.35. The number of anilines is 2.